The van der Waals surface area contributed by atoms with E-state index in [1.807, 2.05) is 48.5 Å². The Balaban J connectivity index is 1.63. The van der Waals surface area contributed by atoms with Crippen molar-refractivity contribution in [3.05, 3.63) is 64.4 Å². The third kappa shape index (κ3) is 4.22. The Morgan fingerprint density at radius 1 is 1.14 bits per heavy atom. The molecule has 0 unspecified atom stereocenters. The van der Waals surface area contributed by atoms with Gasteiger partial charge in [-0.05, 0) is 36.2 Å². The molecule has 1 atom stereocenters. The predicted octanol–water partition coefficient (Wildman–Crippen LogP) is 4.26. The number of aromatic nitrogens is 2. The minimum absolute atomic E-state index is 0.0435. The molecular weight excluding hydrogens is 436 g/mol. The minimum atomic E-state index is -0.910. The lowest BCUT2D eigenvalue weighted by Gasteiger charge is -2.19. The average Bonchev–Trinajstić information content (AvgIpc) is 3.32. The molecule has 0 spiro atoms. The number of halogens is 1. The van der Waals surface area contributed by atoms with Crippen LogP contribution in [0.3, 0.4) is 0 Å². The summed E-state index contributed by atoms with van der Waals surface area (Å²) in [5.41, 5.74) is 3.47. The van der Waals surface area contributed by atoms with Crippen molar-refractivity contribution < 1.29 is 14.7 Å². The summed E-state index contributed by atoms with van der Waals surface area (Å²) in [5, 5.41) is 14.9. The van der Waals surface area contributed by atoms with E-state index in [0.29, 0.717) is 12.2 Å². The van der Waals surface area contributed by atoms with Gasteiger partial charge in [0.1, 0.15) is 11.9 Å². The van der Waals surface area contributed by atoms with Crippen LogP contribution in [0.1, 0.15) is 43.1 Å². The highest BCUT2D eigenvalue weighted by atomic mass is 79.9. The van der Waals surface area contributed by atoms with Crippen molar-refractivity contribution in [2.45, 2.75) is 31.7 Å². The van der Waals surface area contributed by atoms with E-state index in [-0.39, 0.29) is 31.2 Å². The van der Waals surface area contributed by atoms with E-state index in [4.69, 9.17) is 5.11 Å². The first-order valence-corrected chi connectivity index (χ1v) is 10.1. The summed E-state index contributed by atoms with van der Waals surface area (Å²) >= 11 is 3.43. The van der Waals surface area contributed by atoms with E-state index in [1.54, 1.807) is 0 Å². The fourth-order valence-corrected chi connectivity index (χ4v) is 3.67. The highest BCUT2D eigenvalue weighted by Crippen LogP contribution is 2.33. The monoisotopic (exact) mass is 454 g/mol. The number of H-pyrrole nitrogens is 1. The predicted molar refractivity (Wildman–Crippen MR) is 112 cm³/mol. The van der Waals surface area contributed by atoms with Gasteiger partial charge >= 0.3 is 5.97 Å². The van der Waals surface area contributed by atoms with Gasteiger partial charge in [-0.3, -0.25) is 9.59 Å². The van der Waals surface area contributed by atoms with Gasteiger partial charge in [0.15, 0.2) is 0 Å². The van der Waals surface area contributed by atoms with Crippen molar-refractivity contribution in [3.63, 3.8) is 0 Å². The number of carboxylic acid groups (broad SMARTS) is 1. The van der Waals surface area contributed by atoms with Crippen LogP contribution in [0.4, 0.5) is 0 Å². The lowest BCUT2D eigenvalue weighted by molar-refractivity contribution is -0.137. The summed E-state index contributed by atoms with van der Waals surface area (Å²) in [6.45, 7) is 0. The van der Waals surface area contributed by atoms with E-state index in [0.717, 1.165) is 26.8 Å². The molecule has 8 heteroatoms. The van der Waals surface area contributed by atoms with Crippen LogP contribution in [-0.2, 0) is 9.59 Å². The lowest BCUT2D eigenvalue weighted by Crippen LogP contribution is -2.27. The lowest BCUT2D eigenvalue weighted by atomic mass is 10.0. The number of para-hydroxylation sites is 2. The molecule has 0 saturated carbocycles. The van der Waals surface area contributed by atoms with Crippen LogP contribution in [-0.4, -0.2) is 37.7 Å². The Morgan fingerprint density at radius 3 is 2.62 bits per heavy atom. The summed E-state index contributed by atoms with van der Waals surface area (Å²) in [5.74, 6) is -0.440. The maximum Gasteiger partial charge on any atom is 0.303 e. The molecule has 0 bridgehead atoms. The van der Waals surface area contributed by atoms with E-state index in [2.05, 4.69) is 31.0 Å². The van der Waals surface area contributed by atoms with Crippen LogP contribution < -0.4 is 0 Å². The Kier molecular flexibility index (Phi) is 5.44. The Labute approximate surface area is 175 Å². The average molecular weight is 455 g/mol. The van der Waals surface area contributed by atoms with Crippen LogP contribution in [0.2, 0.25) is 0 Å². The zero-order valence-electron chi connectivity index (χ0n) is 15.5. The fourth-order valence-electron chi connectivity index (χ4n) is 3.41. The second-order valence-corrected chi connectivity index (χ2v) is 7.81. The molecule has 3 aromatic rings. The molecule has 4 rings (SSSR count). The summed E-state index contributed by atoms with van der Waals surface area (Å²) in [7, 11) is 0. The highest BCUT2D eigenvalue weighted by molar-refractivity contribution is 9.10. The van der Waals surface area contributed by atoms with Gasteiger partial charge in [0.2, 0.25) is 5.91 Å². The maximum atomic E-state index is 12.8. The molecule has 0 radical (unpaired) electrons. The van der Waals surface area contributed by atoms with Crippen molar-refractivity contribution in [2.75, 3.05) is 0 Å². The Hall–Kier alpha value is -3.00. The van der Waals surface area contributed by atoms with Crippen molar-refractivity contribution >= 4 is 44.6 Å². The SMILES string of the molecule is O=C(O)CCCC(=O)N1N=C(c2ccc(Br)cc2)C[C@@H]1c1nc2ccccc2[nH]1. The number of aromatic amines is 1. The number of carbonyl (C=O) groups excluding carboxylic acids is 1. The largest absolute Gasteiger partial charge is 0.481 e. The van der Waals surface area contributed by atoms with Gasteiger partial charge in [0, 0.05) is 23.7 Å². The van der Waals surface area contributed by atoms with Gasteiger partial charge in [-0.2, -0.15) is 5.10 Å². The first-order chi connectivity index (χ1) is 14.0. The number of carbonyl (C=O) groups is 2. The number of hydrogen-bond donors (Lipinski definition) is 2. The van der Waals surface area contributed by atoms with E-state index >= 15 is 0 Å². The second-order valence-electron chi connectivity index (χ2n) is 6.90. The van der Waals surface area contributed by atoms with Crippen molar-refractivity contribution in [1.82, 2.24) is 15.0 Å². The van der Waals surface area contributed by atoms with Gasteiger partial charge in [-0.15, -0.1) is 0 Å². The Bertz CT molecular complexity index is 1060. The summed E-state index contributed by atoms with van der Waals surface area (Å²) < 4.78 is 0.968. The minimum Gasteiger partial charge on any atom is -0.481 e. The van der Waals surface area contributed by atoms with Gasteiger partial charge < -0.3 is 10.1 Å². The van der Waals surface area contributed by atoms with Crippen LogP contribution in [0.5, 0.6) is 0 Å². The van der Waals surface area contributed by atoms with Crippen molar-refractivity contribution in [1.29, 1.82) is 0 Å². The molecule has 1 amide bonds. The number of benzene rings is 2. The third-order valence-corrected chi connectivity index (χ3v) is 5.38. The number of aliphatic carboxylic acids is 1. The number of imidazole rings is 1. The molecule has 29 heavy (non-hydrogen) atoms. The number of amides is 1. The van der Waals surface area contributed by atoms with Crippen molar-refractivity contribution in [3.8, 4) is 0 Å². The summed E-state index contributed by atoms with van der Waals surface area (Å²) in [4.78, 5) is 31.6. The van der Waals surface area contributed by atoms with Gasteiger partial charge in [0.05, 0.1) is 16.7 Å². The molecule has 0 saturated heterocycles. The van der Waals surface area contributed by atoms with E-state index < -0.39 is 5.97 Å². The normalized spacial score (nSPS) is 16.2. The molecule has 1 aliphatic rings. The number of nitrogens with zero attached hydrogens (tertiary/aromatic N) is 3. The summed E-state index contributed by atoms with van der Waals surface area (Å²) in [6, 6.07) is 15.1. The van der Waals surface area contributed by atoms with Gasteiger partial charge in [-0.1, -0.05) is 40.2 Å². The first-order valence-electron chi connectivity index (χ1n) is 9.33. The number of hydrazone groups is 1. The molecule has 1 aliphatic heterocycles. The molecule has 7 nitrogen and oxygen atoms in total. The van der Waals surface area contributed by atoms with Gasteiger partial charge in [-0.25, -0.2) is 9.99 Å². The number of rotatable bonds is 6. The van der Waals surface area contributed by atoms with Gasteiger partial charge in [0.25, 0.3) is 0 Å². The van der Waals surface area contributed by atoms with Crippen LogP contribution in [0, 0.1) is 0 Å². The standard InChI is InChI=1S/C21H19BrN4O3/c22-14-10-8-13(9-11-14)17-12-18(21-23-15-4-1-2-5-16(15)24-21)26(25-17)19(27)6-3-7-20(28)29/h1-2,4-5,8-11,18H,3,6-7,12H2,(H,23,24)(H,28,29)/t18-/m1/s1. The molecule has 0 fully saturated rings. The first kappa shape index (κ1) is 19.3. The van der Waals surface area contributed by atoms with Crippen LogP contribution in [0.25, 0.3) is 11.0 Å². The highest BCUT2D eigenvalue weighted by Gasteiger charge is 2.34. The fraction of sp³-hybridized carbons (Fsp3) is 0.238. The maximum absolute atomic E-state index is 12.8. The molecule has 148 valence electrons. The molecule has 0 aliphatic carbocycles. The zero-order chi connectivity index (χ0) is 20.4. The molecule has 2 N–H and O–H groups in total. The van der Waals surface area contributed by atoms with Crippen LogP contribution >= 0.6 is 15.9 Å². The zero-order valence-corrected chi connectivity index (χ0v) is 17.1. The quantitative estimate of drug-likeness (QED) is 0.581. The smallest absolute Gasteiger partial charge is 0.303 e. The number of fused-ring (bicyclic) bond motifs is 1. The Morgan fingerprint density at radius 2 is 1.90 bits per heavy atom. The number of carboxylic acids is 1. The second kappa shape index (κ2) is 8.16. The number of hydrogen-bond acceptors (Lipinski definition) is 4. The topological polar surface area (TPSA) is 98.7 Å². The molecule has 2 heterocycles. The van der Waals surface area contributed by atoms with E-state index in [1.165, 1.54) is 5.01 Å². The number of nitrogens with one attached hydrogen (secondary N) is 1. The molecule has 2 aromatic carbocycles. The summed E-state index contributed by atoms with van der Waals surface area (Å²) in [6.07, 6.45) is 0.894. The molecular formula is C21H19BrN4O3. The van der Waals surface area contributed by atoms with Crippen molar-refractivity contribution in [2.24, 2.45) is 5.10 Å². The van der Waals surface area contributed by atoms with Crippen LogP contribution in [0.15, 0.2) is 58.1 Å². The third-order valence-electron chi connectivity index (χ3n) is 4.85. The van der Waals surface area contributed by atoms with E-state index in [9.17, 15) is 9.59 Å². The molecule has 1 aromatic heterocycles.